The van der Waals surface area contributed by atoms with Crippen molar-refractivity contribution in [2.24, 2.45) is 0 Å². The molecule has 1 aliphatic rings. The van der Waals surface area contributed by atoms with E-state index in [0.29, 0.717) is 5.56 Å². The normalized spacial score (nSPS) is 12.3. The monoisotopic (exact) mass is 1310 g/mol. The molecule has 15 aromatic carbocycles. The molecule has 15 aromatic rings. The molecule has 487 valence electrons. The molecule has 1 atom stereocenters. The van der Waals surface area contributed by atoms with Crippen LogP contribution in [0, 0.1) is 0 Å². The molecular formula is C99H76BO2. The van der Waals surface area contributed by atoms with Crippen LogP contribution in [0.1, 0.15) is 99.7 Å². The van der Waals surface area contributed by atoms with Crippen LogP contribution in [0.2, 0.25) is 0 Å². The molecule has 3 heteroatoms. The third kappa shape index (κ3) is 13.5. The molecule has 1 N–H and O–H groups in total. The Morgan fingerprint density at radius 3 is 0.951 bits per heavy atom. The van der Waals surface area contributed by atoms with E-state index in [1.807, 2.05) is 182 Å². The molecule has 3 radical (unpaired) electrons. The predicted octanol–water partition coefficient (Wildman–Crippen LogP) is 22.9. The van der Waals surface area contributed by atoms with Gasteiger partial charge in [-0.05, 0) is 100 Å². The van der Waals surface area contributed by atoms with Gasteiger partial charge in [-0.2, -0.15) is 0 Å². The van der Waals surface area contributed by atoms with Crippen molar-refractivity contribution in [1.29, 1.82) is 0 Å². The SMILES string of the molecule is O=C(c1ccccc1)C(c1ccccc1)C(c1ccccc1)(c1ccccc1)c1ccccc1.OC(C(=C(c1ccccc1)c1ccccc1)c1ccccc1)(c1ccccc1)c1ccccc1.[B].c1ccc(C2=C(c3ccccc3)C(c3ccccc3)(c3ccccc3)c3ccccc32)cc1. The fourth-order valence-electron chi connectivity index (χ4n) is 15.2. The molecule has 2 nitrogen and oxygen atoms in total. The molecule has 0 spiro atoms. The summed E-state index contributed by atoms with van der Waals surface area (Å²) < 4.78 is 0. The van der Waals surface area contributed by atoms with Crippen LogP contribution in [0.15, 0.2) is 449 Å². The number of hydrogen-bond donors (Lipinski definition) is 1. The first-order chi connectivity index (χ1) is 50.0. The minimum Gasteiger partial charge on any atom is -0.376 e. The van der Waals surface area contributed by atoms with Crippen LogP contribution in [0.4, 0.5) is 0 Å². The Kier molecular flexibility index (Phi) is 21.3. The van der Waals surface area contributed by atoms with E-state index in [1.165, 1.54) is 44.5 Å². The summed E-state index contributed by atoms with van der Waals surface area (Å²) in [7, 11) is 0. The van der Waals surface area contributed by atoms with E-state index in [1.54, 1.807) is 0 Å². The van der Waals surface area contributed by atoms with Crippen molar-refractivity contribution in [2.45, 2.75) is 22.3 Å². The lowest BCUT2D eigenvalue weighted by Crippen LogP contribution is -2.40. The molecule has 0 amide bonds. The van der Waals surface area contributed by atoms with E-state index in [0.717, 1.165) is 61.2 Å². The molecule has 0 heterocycles. The second-order valence-electron chi connectivity index (χ2n) is 25.3. The van der Waals surface area contributed by atoms with E-state index in [2.05, 4.69) is 267 Å². The number of ketones is 1. The van der Waals surface area contributed by atoms with Gasteiger partial charge in [0.1, 0.15) is 5.60 Å². The minimum atomic E-state index is -1.38. The Morgan fingerprint density at radius 1 is 0.284 bits per heavy atom. The zero-order valence-corrected chi connectivity index (χ0v) is 56.7. The third-order valence-electron chi connectivity index (χ3n) is 19.5. The van der Waals surface area contributed by atoms with Crippen molar-refractivity contribution in [2.75, 3.05) is 0 Å². The van der Waals surface area contributed by atoms with Crippen molar-refractivity contribution < 1.29 is 9.90 Å². The van der Waals surface area contributed by atoms with Gasteiger partial charge in [-0.3, -0.25) is 4.79 Å². The maximum atomic E-state index is 14.5. The van der Waals surface area contributed by atoms with Crippen LogP contribution < -0.4 is 0 Å². The van der Waals surface area contributed by atoms with E-state index >= 15 is 0 Å². The van der Waals surface area contributed by atoms with Crippen LogP contribution in [0.3, 0.4) is 0 Å². The highest BCUT2D eigenvalue weighted by Crippen LogP contribution is 2.60. The van der Waals surface area contributed by atoms with E-state index < -0.39 is 22.3 Å². The Hall–Kier alpha value is -12.5. The molecule has 102 heavy (non-hydrogen) atoms. The van der Waals surface area contributed by atoms with Crippen LogP contribution in [-0.4, -0.2) is 19.3 Å². The summed E-state index contributed by atoms with van der Waals surface area (Å²) in [6.45, 7) is 0. The van der Waals surface area contributed by atoms with Gasteiger partial charge in [0.15, 0.2) is 5.78 Å². The smallest absolute Gasteiger partial charge is 0.171 e. The number of benzene rings is 15. The lowest BCUT2D eigenvalue weighted by molar-refractivity contribution is 0.0935. The van der Waals surface area contributed by atoms with E-state index in [9.17, 15) is 9.90 Å². The van der Waals surface area contributed by atoms with Gasteiger partial charge in [-0.15, -0.1) is 0 Å². The van der Waals surface area contributed by atoms with Crippen LogP contribution >= 0.6 is 0 Å². The van der Waals surface area contributed by atoms with Crippen LogP contribution in [0.25, 0.3) is 22.3 Å². The Bertz CT molecular complexity index is 4950. The molecule has 0 aromatic heterocycles. The van der Waals surface area contributed by atoms with Crippen molar-refractivity contribution in [1.82, 2.24) is 0 Å². The highest BCUT2D eigenvalue weighted by Gasteiger charge is 2.50. The largest absolute Gasteiger partial charge is 0.376 e. The summed E-state index contributed by atoms with van der Waals surface area (Å²) in [5.41, 5.74) is 19.4. The lowest BCUT2D eigenvalue weighted by atomic mass is 9.58. The number of fused-ring (bicyclic) bond motifs is 1. The standard InChI is InChI=1S/2C33H26O.C33H24.B/c34-32(27-18-8-2-9-19-27)31(26-16-6-1-7-17-26)33(28-20-10-3-11-21-28,29-22-12-4-13-23-29)30-24-14-5-15-25-30;34-33(29-22-12-4-13-23-29,30-24-14-5-15-25-30)32(28-20-10-3-11-21-28)31(26-16-6-1-7-17-26)27-18-8-2-9-19-27;1-5-15-25(16-6-1)31-29-23-13-14-24-30(29)33(27-19-9-3-10-20-27,28-21-11-4-12-22-28)32(31)26-17-7-2-8-18-26;/h1-25,31H;1-25,34H;1-24H;. The molecule has 1 unspecified atom stereocenters. The first-order valence-corrected chi connectivity index (χ1v) is 34.6. The average molecular weight is 1310 g/mol. The number of Topliss-reactive ketones (excluding diaryl/α,β-unsaturated/α-hetero) is 1. The summed E-state index contributed by atoms with van der Waals surface area (Å²) in [4.78, 5) is 14.5. The highest BCUT2D eigenvalue weighted by atomic mass is 16.3. The van der Waals surface area contributed by atoms with Gasteiger partial charge in [-0.1, -0.05) is 449 Å². The Labute approximate surface area is 602 Å². The predicted molar refractivity (Wildman–Crippen MR) is 424 cm³/mol. The highest BCUT2D eigenvalue weighted by molar-refractivity contribution is 6.11. The molecular weight excluding hydrogens is 1230 g/mol. The number of hydrogen-bond acceptors (Lipinski definition) is 2. The van der Waals surface area contributed by atoms with Crippen LogP contribution in [-0.2, 0) is 16.4 Å². The maximum Gasteiger partial charge on any atom is 0.171 e. The number of allylic oxidation sites excluding steroid dienone is 1. The molecule has 0 saturated heterocycles. The Balaban J connectivity index is 0.000000136. The Morgan fingerprint density at radius 2 is 0.569 bits per heavy atom. The van der Waals surface area contributed by atoms with Crippen molar-refractivity contribution in [3.63, 3.8) is 0 Å². The third-order valence-corrected chi connectivity index (χ3v) is 19.5. The summed E-state index contributed by atoms with van der Waals surface area (Å²) in [5.74, 6) is -0.369. The first kappa shape index (κ1) is 68.0. The number of aliphatic hydroxyl groups is 1. The summed E-state index contributed by atoms with van der Waals surface area (Å²) in [6, 6.07) is 155. The topological polar surface area (TPSA) is 37.3 Å². The van der Waals surface area contributed by atoms with Crippen LogP contribution in [0.5, 0.6) is 0 Å². The second kappa shape index (κ2) is 32.0. The molecule has 0 bridgehead atoms. The zero-order chi connectivity index (χ0) is 68.5. The van der Waals surface area contributed by atoms with Gasteiger partial charge in [0.05, 0.1) is 16.7 Å². The van der Waals surface area contributed by atoms with Gasteiger partial charge in [0.25, 0.3) is 0 Å². The van der Waals surface area contributed by atoms with Gasteiger partial charge in [-0.25, -0.2) is 0 Å². The number of carbonyl (C=O) groups is 1. The molecule has 0 saturated carbocycles. The maximum absolute atomic E-state index is 14.5. The number of carbonyl (C=O) groups excluding carboxylic acids is 1. The molecule has 16 rings (SSSR count). The summed E-state index contributed by atoms with van der Waals surface area (Å²) in [5, 5.41) is 12.9. The van der Waals surface area contributed by atoms with Crippen molar-refractivity contribution >= 4 is 36.5 Å². The van der Waals surface area contributed by atoms with E-state index in [4.69, 9.17) is 0 Å². The minimum absolute atomic E-state index is 0. The van der Waals surface area contributed by atoms with Gasteiger partial charge >= 0.3 is 0 Å². The van der Waals surface area contributed by atoms with Crippen molar-refractivity contribution in [3.05, 3.63) is 538 Å². The fraction of sp³-hybridized carbons (Fsp3) is 0.0404. The lowest BCUT2D eigenvalue weighted by Gasteiger charge is -2.42. The quantitative estimate of drug-likeness (QED) is 0.0427. The van der Waals surface area contributed by atoms with Crippen molar-refractivity contribution in [3.8, 4) is 0 Å². The summed E-state index contributed by atoms with van der Waals surface area (Å²) in [6.07, 6.45) is 0. The van der Waals surface area contributed by atoms with E-state index in [-0.39, 0.29) is 14.2 Å². The summed E-state index contributed by atoms with van der Waals surface area (Å²) >= 11 is 0. The fourth-order valence-corrected chi connectivity index (χ4v) is 15.2. The average Bonchev–Trinajstić information content (AvgIpc) is 0.953. The first-order valence-electron chi connectivity index (χ1n) is 34.6. The molecule has 0 aliphatic heterocycles. The van der Waals surface area contributed by atoms with Gasteiger partial charge in [0, 0.05) is 19.5 Å². The second-order valence-corrected chi connectivity index (χ2v) is 25.3. The zero-order valence-electron chi connectivity index (χ0n) is 56.7. The molecule has 1 aliphatic carbocycles. The number of rotatable bonds is 17. The van der Waals surface area contributed by atoms with Gasteiger partial charge in [0.2, 0.25) is 0 Å². The molecule has 0 fully saturated rings. The van der Waals surface area contributed by atoms with Gasteiger partial charge < -0.3 is 5.11 Å².